The SMILES string of the molecule is CCc1c[nH]c(CC(C)C)n1. The summed E-state index contributed by atoms with van der Waals surface area (Å²) in [5.74, 6) is 1.81. The molecule has 1 rings (SSSR count). The normalized spacial score (nSPS) is 10.9. The summed E-state index contributed by atoms with van der Waals surface area (Å²) < 4.78 is 0. The highest BCUT2D eigenvalue weighted by Crippen LogP contribution is 2.04. The predicted octanol–water partition coefficient (Wildman–Crippen LogP) is 2.17. The van der Waals surface area contributed by atoms with Gasteiger partial charge >= 0.3 is 0 Å². The van der Waals surface area contributed by atoms with Crippen molar-refractivity contribution >= 4 is 0 Å². The van der Waals surface area contributed by atoms with Crippen LogP contribution in [0.15, 0.2) is 6.20 Å². The topological polar surface area (TPSA) is 28.7 Å². The summed E-state index contributed by atoms with van der Waals surface area (Å²) >= 11 is 0. The van der Waals surface area contributed by atoms with Gasteiger partial charge in [0.25, 0.3) is 0 Å². The number of nitrogens with one attached hydrogen (secondary N) is 1. The molecule has 0 unspecified atom stereocenters. The average molecular weight is 152 g/mol. The van der Waals surface area contributed by atoms with E-state index in [1.807, 2.05) is 6.20 Å². The van der Waals surface area contributed by atoms with E-state index in [1.165, 1.54) is 5.69 Å². The quantitative estimate of drug-likeness (QED) is 0.706. The molecule has 1 aromatic heterocycles. The van der Waals surface area contributed by atoms with Crippen molar-refractivity contribution in [3.8, 4) is 0 Å². The van der Waals surface area contributed by atoms with E-state index in [1.54, 1.807) is 0 Å². The molecule has 2 heteroatoms. The van der Waals surface area contributed by atoms with Gasteiger partial charge in [0.2, 0.25) is 0 Å². The van der Waals surface area contributed by atoms with E-state index >= 15 is 0 Å². The zero-order chi connectivity index (χ0) is 8.27. The number of hydrogen-bond acceptors (Lipinski definition) is 1. The second-order valence-corrected chi connectivity index (χ2v) is 3.29. The van der Waals surface area contributed by atoms with Gasteiger partial charge in [-0.25, -0.2) is 4.98 Å². The van der Waals surface area contributed by atoms with Crippen molar-refractivity contribution in [2.75, 3.05) is 0 Å². The van der Waals surface area contributed by atoms with Crippen LogP contribution in [0, 0.1) is 5.92 Å². The van der Waals surface area contributed by atoms with Crippen LogP contribution in [0.4, 0.5) is 0 Å². The Morgan fingerprint density at radius 2 is 2.27 bits per heavy atom. The van der Waals surface area contributed by atoms with Crippen molar-refractivity contribution in [2.24, 2.45) is 5.92 Å². The molecule has 0 saturated heterocycles. The van der Waals surface area contributed by atoms with E-state index in [4.69, 9.17) is 0 Å². The second kappa shape index (κ2) is 3.56. The van der Waals surface area contributed by atoms with Crippen LogP contribution in [0.1, 0.15) is 32.3 Å². The number of hydrogen-bond donors (Lipinski definition) is 1. The van der Waals surface area contributed by atoms with Crippen LogP contribution in [0.25, 0.3) is 0 Å². The Kier molecular flexibility index (Phi) is 2.69. The minimum absolute atomic E-state index is 0.686. The van der Waals surface area contributed by atoms with Crippen LogP contribution >= 0.6 is 0 Å². The van der Waals surface area contributed by atoms with Gasteiger partial charge in [0, 0.05) is 12.6 Å². The zero-order valence-corrected chi connectivity index (χ0v) is 7.52. The van der Waals surface area contributed by atoms with Gasteiger partial charge in [-0.2, -0.15) is 0 Å². The standard InChI is InChI=1S/C9H16N2/c1-4-8-6-10-9(11-8)5-7(2)3/h6-7H,4-5H2,1-3H3,(H,10,11). The van der Waals surface area contributed by atoms with E-state index in [9.17, 15) is 0 Å². The molecule has 1 aromatic rings. The number of rotatable bonds is 3. The fourth-order valence-electron chi connectivity index (χ4n) is 1.08. The first-order valence-electron chi connectivity index (χ1n) is 4.25. The maximum atomic E-state index is 4.41. The van der Waals surface area contributed by atoms with Gasteiger partial charge in [-0.3, -0.25) is 0 Å². The minimum atomic E-state index is 0.686. The van der Waals surface area contributed by atoms with Crippen LogP contribution < -0.4 is 0 Å². The first-order chi connectivity index (χ1) is 5.22. The van der Waals surface area contributed by atoms with Gasteiger partial charge in [-0.15, -0.1) is 0 Å². The Balaban J connectivity index is 2.58. The number of imidazole rings is 1. The van der Waals surface area contributed by atoms with E-state index in [0.717, 1.165) is 18.7 Å². The van der Waals surface area contributed by atoms with Crippen molar-refractivity contribution in [3.05, 3.63) is 17.7 Å². The molecule has 11 heavy (non-hydrogen) atoms. The molecule has 62 valence electrons. The Bertz CT molecular complexity index is 213. The number of aromatic nitrogens is 2. The van der Waals surface area contributed by atoms with Gasteiger partial charge in [0.1, 0.15) is 5.82 Å². The summed E-state index contributed by atoms with van der Waals surface area (Å²) in [5, 5.41) is 0. The first-order valence-corrected chi connectivity index (χ1v) is 4.25. The van der Waals surface area contributed by atoms with Crippen molar-refractivity contribution in [3.63, 3.8) is 0 Å². The van der Waals surface area contributed by atoms with Crippen LogP contribution in [-0.4, -0.2) is 9.97 Å². The molecule has 0 radical (unpaired) electrons. The third kappa shape index (κ3) is 2.37. The molecule has 0 bridgehead atoms. The summed E-state index contributed by atoms with van der Waals surface area (Å²) in [6.07, 6.45) is 4.08. The molecule has 1 N–H and O–H groups in total. The largest absolute Gasteiger partial charge is 0.348 e. The van der Waals surface area contributed by atoms with Gasteiger partial charge in [-0.05, 0) is 12.3 Å². The third-order valence-electron chi connectivity index (χ3n) is 1.65. The van der Waals surface area contributed by atoms with Gasteiger partial charge in [-0.1, -0.05) is 20.8 Å². The van der Waals surface area contributed by atoms with Crippen molar-refractivity contribution in [1.29, 1.82) is 0 Å². The van der Waals surface area contributed by atoms with E-state index in [-0.39, 0.29) is 0 Å². The summed E-state index contributed by atoms with van der Waals surface area (Å²) in [6, 6.07) is 0. The smallest absolute Gasteiger partial charge is 0.106 e. The van der Waals surface area contributed by atoms with Crippen LogP contribution in [0.3, 0.4) is 0 Å². The van der Waals surface area contributed by atoms with E-state index in [0.29, 0.717) is 5.92 Å². The lowest BCUT2D eigenvalue weighted by molar-refractivity contribution is 0.625. The molecular formula is C9H16N2. The van der Waals surface area contributed by atoms with Crippen LogP contribution in [0.2, 0.25) is 0 Å². The zero-order valence-electron chi connectivity index (χ0n) is 7.52. The maximum absolute atomic E-state index is 4.41. The Labute approximate surface area is 68.0 Å². The Morgan fingerprint density at radius 3 is 2.73 bits per heavy atom. The van der Waals surface area contributed by atoms with Crippen LogP contribution in [0.5, 0.6) is 0 Å². The van der Waals surface area contributed by atoms with Gasteiger partial charge in [0.05, 0.1) is 5.69 Å². The summed E-state index contributed by atoms with van der Waals surface area (Å²) in [6.45, 7) is 6.53. The molecule has 0 aliphatic rings. The van der Waals surface area contributed by atoms with Gasteiger partial charge in [0.15, 0.2) is 0 Å². The van der Waals surface area contributed by atoms with Crippen molar-refractivity contribution < 1.29 is 0 Å². The molecular weight excluding hydrogens is 136 g/mol. The van der Waals surface area contributed by atoms with Crippen molar-refractivity contribution in [1.82, 2.24) is 9.97 Å². The molecule has 2 nitrogen and oxygen atoms in total. The molecule has 0 amide bonds. The highest BCUT2D eigenvalue weighted by Gasteiger charge is 2.01. The minimum Gasteiger partial charge on any atom is -0.348 e. The van der Waals surface area contributed by atoms with Crippen molar-refractivity contribution in [2.45, 2.75) is 33.6 Å². The number of aromatic amines is 1. The molecule has 0 aliphatic carbocycles. The highest BCUT2D eigenvalue weighted by molar-refractivity contribution is 5.00. The lowest BCUT2D eigenvalue weighted by Crippen LogP contribution is -1.95. The molecule has 0 aromatic carbocycles. The summed E-state index contributed by atoms with van der Waals surface area (Å²) in [5.41, 5.74) is 1.17. The maximum Gasteiger partial charge on any atom is 0.106 e. The predicted molar refractivity (Wildman–Crippen MR) is 46.5 cm³/mol. The molecule has 0 atom stereocenters. The number of H-pyrrole nitrogens is 1. The Morgan fingerprint density at radius 1 is 1.55 bits per heavy atom. The second-order valence-electron chi connectivity index (χ2n) is 3.29. The molecule has 0 aliphatic heterocycles. The van der Waals surface area contributed by atoms with E-state index < -0.39 is 0 Å². The fourth-order valence-corrected chi connectivity index (χ4v) is 1.08. The summed E-state index contributed by atoms with van der Waals surface area (Å²) in [7, 11) is 0. The molecule has 0 spiro atoms. The average Bonchev–Trinajstić information content (AvgIpc) is 2.34. The monoisotopic (exact) mass is 152 g/mol. The lowest BCUT2D eigenvalue weighted by Gasteiger charge is -1.98. The Hall–Kier alpha value is -0.790. The van der Waals surface area contributed by atoms with E-state index in [2.05, 4.69) is 30.7 Å². The molecule has 0 fully saturated rings. The van der Waals surface area contributed by atoms with Gasteiger partial charge < -0.3 is 4.98 Å². The fraction of sp³-hybridized carbons (Fsp3) is 0.667. The number of aryl methyl sites for hydroxylation is 1. The third-order valence-corrected chi connectivity index (χ3v) is 1.65. The summed E-state index contributed by atoms with van der Waals surface area (Å²) in [4.78, 5) is 7.59. The van der Waals surface area contributed by atoms with Crippen LogP contribution in [-0.2, 0) is 12.8 Å². The number of nitrogens with zero attached hydrogens (tertiary/aromatic N) is 1. The molecule has 1 heterocycles. The first kappa shape index (κ1) is 8.31. The highest BCUT2D eigenvalue weighted by atomic mass is 14.9. The molecule has 0 saturated carbocycles. The lowest BCUT2D eigenvalue weighted by atomic mass is 10.1.